The van der Waals surface area contributed by atoms with E-state index in [9.17, 15) is 9.59 Å². The predicted molar refractivity (Wildman–Crippen MR) is 99.0 cm³/mol. The molecule has 0 aromatic carbocycles. The number of carbonyl (C=O) groups excluding carboxylic acids is 2. The molecule has 0 aliphatic carbocycles. The summed E-state index contributed by atoms with van der Waals surface area (Å²) in [6.07, 6.45) is 0. The maximum Gasteiger partial charge on any atom is 0.341 e. The first-order valence-corrected chi connectivity index (χ1v) is 9.44. The number of rotatable bonds is 7. The van der Waals surface area contributed by atoms with E-state index in [-0.39, 0.29) is 18.4 Å². The van der Waals surface area contributed by atoms with Crippen molar-refractivity contribution in [2.45, 2.75) is 27.3 Å². The average molecular weight is 367 g/mol. The van der Waals surface area contributed by atoms with Crippen LogP contribution in [0.3, 0.4) is 0 Å². The third kappa shape index (κ3) is 4.66. The van der Waals surface area contributed by atoms with Gasteiger partial charge in [-0.05, 0) is 55.8 Å². The first kappa shape index (κ1) is 18.6. The quantitative estimate of drug-likeness (QED) is 0.760. The number of ether oxygens (including phenoxy) is 1. The number of amides is 1. The molecule has 1 N–H and O–H groups in total. The third-order valence-electron chi connectivity index (χ3n) is 3.56. The van der Waals surface area contributed by atoms with E-state index in [1.54, 1.807) is 18.3 Å². The number of nitrogens with zero attached hydrogens (tertiary/aromatic N) is 1. The zero-order valence-electron chi connectivity index (χ0n) is 14.3. The maximum absolute atomic E-state index is 12.3. The highest BCUT2D eigenvalue weighted by atomic mass is 32.1. The van der Waals surface area contributed by atoms with Crippen LogP contribution >= 0.6 is 22.7 Å². The van der Waals surface area contributed by atoms with Crippen molar-refractivity contribution in [3.8, 4) is 0 Å². The Morgan fingerprint density at radius 2 is 2.08 bits per heavy atom. The molecule has 0 saturated heterocycles. The Hall–Kier alpha value is -1.70. The van der Waals surface area contributed by atoms with E-state index in [4.69, 9.17) is 4.74 Å². The fourth-order valence-electron chi connectivity index (χ4n) is 2.33. The van der Waals surface area contributed by atoms with Gasteiger partial charge >= 0.3 is 5.97 Å². The molecule has 5 nitrogen and oxygen atoms in total. The van der Waals surface area contributed by atoms with Crippen LogP contribution in [0.2, 0.25) is 0 Å². The fraction of sp³-hybridized carbons (Fsp3) is 0.412. The van der Waals surface area contributed by atoms with Crippen LogP contribution in [-0.4, -0.2) is 37.0 Å². The minimum Gasteiger partial charge on any atom is -0.462 e. The second kappa shape index (κ2) is 8.41. The van der Waals surface area contributed by atoms with Gasteiger partial charge in [-0.15, -0.1) is 11.3 Å². The largest absolute Gasteiger partial charge is 0.462 e. The normalized spacial score (nSPS) is 10.9. The summed E-state index contributed by atoms with van der Waals surface area (Å²) in [6, 6.07) is 2.05. The molecule has 130 valence electrons. The molecule has 2 heterocycles. The molecule has 0 radical (unpaired) electrons. The number of hydrogen-bond acceptors (Lipinski definition) is 6. The molecular formula is C17H22N2O3S2. The Morgan fingerprint density at radius 1 is 1.33 bits per heavy atom. The van der Waals surface area contributed by atoms with Gasteiger partial charge in [-0.25, -0.2) is 4.79 Å². The molecule has 0 spiro atoms. The molecule has 0 atom stereocenters. The van der Waals surface area contributed by atoms with Crippen molar-refractivity contribution < 1.29 is 14.3 Å². The van der Waals surface area contributed by atoms with Crippen molar-refractivity contribution in [2.24, 2.45) is 0 Å². The van der Waals surface area contributed by atoms with Crippen molar-refractivity contribution >= 4 is 39.6 Å². The highest BCUT2D eigenvalue weighted by molar-refractivity contribution is 7.16. The second-order valence-corrected chi connectivity index (χ2v) is 7.56. The van der Waals surface area contributed by atoms with Gasteiger partial charge in [-0.2, -0.15) is 11.3 Å². The zero-order chi connectivity index (χ0) is 17.7. The number of esters is 1. The number of likely N-dealkylation sites (N-methyl/N-ethyl adjacent to an activating group) is 1. The summed E-state index contributed by atoms with van der Waals surface area (Å²) in [5.74, 6) is -0.527. The van der Waals surface area contributed by atoms with Crippen LogP contribution in [0.15, 0.2) is 16.8 Å². The summed E-state index contributed by atoms with van der Waals surface area (Å²) in [7, 11) is 1.90. The van der Waals surface area contributed by atoms with Gasteiger partial charge < -0.3 is 10.1 Å². The lowest BCUT2D eigenvalue weighted by molar-refractivity contribution is -0.117. The Kier molecular flexibility index (Phi) is 6.53. The van der Waals surface area contributed by atoms with Gasteiger partial charge in [0, 0.05) is 11.4 Å². The van der Waals surface area contributed by atoms with Gasteiger partial charge in [0.2, 0.25) is 5.91 Å². The Balaban J connectivity index is 2.03. The molecule has 0 bridgehead atoms. The SMILES string of the molecule is CCOC(=O)c1c(NC(=O)CN(C)Cc2ccsc2)sc(C)c1C. The number of aryl methyl sites for hydroxylation is 1. The van der Waals surface area contributed by atoms with Gasteiger partial charge in [0.05, 0.1) is 18.7 Å². The van der Waals surface area contributed by atoms with E-state index in [1.807, 2.05) is 37.2 Å². The van der Waals surface area contributed by atoms with Crippen molar-refractivity contribution in [1.29, 1.82) is 0 Å². The summed E-state index contributed by atoms with van der Waals surface area (Å²) in [5.41, 5.74) is 2.51. The number of hydrogen-bond donors (Lipinski definition) is 1. The van der Waals surface area contributed by atoms with Gasteiger partial charge in [-0.3, -0.25) is 9.69 Å². The molecule has 1 amide bonds. The van der Waals surface area contributed by atoms with Crippen LogP contribution in [0.1, 0.15) is 33.3 Å². The lowest BCUT2D eigenvalue weighted by atomic mass is 10.1. The van der Waals surface area contributed by atoms with Crippen LogP contribution in [0.5, 0.6) is 0 Å². The Labute approximate surface area is 150 Å². The van der Waals surface area contributed by atoms with E-state index >= 15 is 0 Å². The van der Waals surface area contributed by atoms with Gasteiger partial charge in [-0.1, -0.05) is 0 Å². The first-order valence-electron chi connectivity index (χ1n) is 7.69. The van der Waals surface area contributed by atoms with E-state index < -0.39 is 0 Å². The van der Waals surface area contributed by atoms with Gasteiger partial charge in [0.25, 0.3) is 0 Å². The van der Waals surface area contributed by atoms with Crippen molar-refractivity contribution in [3.63, 3.8) is 0 Å². The second-order valence-electron chi connectivity index (χ2n) is 5.56. The molecule has 2 aromatic rings. The Bertz CT molecular complexity index is 708. The molecular weight excluding hydrogens is 344 g/mol. The summed E-state index contributed by atoms with van der Waals surface area (Å²) in [4.78, 5) is 27.4. The highest BCUT2D eigenvalue weighted by Crippen LogP contribution is 2.33. The smallest absolute Gasteiger partial charge is 0.341 e. The molecule has 0 unspecified atom stereocenters. The summed E-state index contributed by atoms with van der Waals surface area (Å²) in [5, 5.41) is 7.52. The van der Waals surface area contributed by atoms with Gasteiger partial charge in [0.15, 0.2) is 0 Å². The molecule has 7 heteroatoms. The molecule has 2 rings (SSSR count). The number of nitrogens with one attached hydrogen (secondary N) is 1. The highest BCUT2D eigenvalue weighted by Gasteiger charge is 2.22. The fourth-order valence-corrected chi connectivity index (χ4v) is 4.05. The van der Waals surface area contributed by atoms with Crippen molar-refractivity contribution in [1.82, 2.24) is 4.90 Å². The Morgan fingerprint density at radius 3 is 2.71 bits per heavy atom. The lowest BCUT2D eigenvalue weighted by Crippen LogP contribution is -2.30. The minimum atomic E-state index is -0.388. The van der Waals surface area contributed by atoms with Crippen LogP contribution in [0.4, 0.5) is 5.00 Å². The van der Waals surface area contributed by atoms with Gasteiger partial charge in [0.1, 0.15) is 5.00 Å². The molecule has 0 aliphatic heterocycles. The molecule has 0 aliphatic rings. The lowest BCUT2D eigenvalue weighted by Gasteiger charge is -2.15. The molecule has 24 heavy (non-hydrogen) atoms. The number of carbonyl (C=O) groups is 2. The molecule has 0 fully saturated rings. The first-order chi connectivity index (χ1) is 11.4. The third-order valence-corrected chi connectivity index (χ3v) is 5.42. The van der Waals surface area contributed by atoms with E-state index in [0.29, 0.717) is 23.7 Å². The van der Waals surface area contributed by atoms with Crippen LogP contribution in [-0.2, 0) is 16.1 Å². The standard InChI is InChI=1S/C17H22N2O3S2/c1-5-22-17(21)15-11(2)12(3)24-16(15)18-14(20)9-19(4)8-13-6-7-23-10-13/h6-7,10H,5,8-9H2,1-4H3,(H,18,20). The monoisotopic (exact) mass is 366 g/mol. The average Bonchev–Trinajstić information content (AvgIpc) is 3.08. The van der Waals surface area contributed by atoms with E-state index in [0.717, 1.165) is 10.4 Å². The summed E-state index contributed by atoms with van der Waals surface area (Å²) < 4.78 is 5.10. The van der Waals surface area contributed by atoms with Crippen LogP contribution in [0, 0.1) is 13.8 Å². The molecule has 2 aromatic heterocycles. The molecule has 0 saturated carbocycles. The van der Waals surface area contributed by atoms with Crippen molar-refractivity contribution in [2.75, 3.05) is 25.5 Å². The topological polar surface area (TPSA) is 58.6 Å². The number of thiophene rings is 2. The summed E-state index contributed by atoms with van der Waals surface area (Å²) in [6.45, 7) is 6.85. The number of anilines is 1. The van der Waals surface area contributed by atoms with Crippen molar-refractivity contribution in [3.05, 3.63) is 38.4 Å². The maximum atomic E-state index is 12.3. The van der Waals surface area contributed by atoms with E-state index in [2.05, 4.69) is 10.7 Å². The van der Waals surface area contributed by atoms with Crippen LogP contribution < -0.4 is 5.32 Å². The zero-order valence-corrected chi connectivity index (χ0v) is 16.0. The minimum absolute atomic E-state index is 0.139. The predicted octanol–water partition coefficient (Wildman–Crippen LogP) is 3.67. The summed E-state index contributed by atoms with van der Waals surface area (Å²) >= 11 is 3.05. The van der Waals surface area contributed by atoms with Crippen LogP contribution in [0.25, 0.3) is 0 Å². The van der Waals surface area contributed by atoms with E-state index in [1.165, 1.54) is 16.9 Å².